The lowest BCUT2D eigenvalue weighted by Crippen LogP contribution is -2.66. The van der Waals surface area contributed by atoms with Crippen LogP contribution in [0.25, 0.3) is 0 Å². The molecule has 0 radical (unpaired) electrons. The van der Waals surface area contributed by atoms with Crippen LogP contribution in [0.1, 0.15) is 84.0 Å². The maximum Gasteiger partial charge on any atom is 0.0309 e. The summed E-state index contributed by atoms with van der Waals surface area (Å²) in [6.45, 7) is 5.00. The molecule has 2 saturated carbocycles. The van der Waals surface area contributed by atoms with Crippen molar-refractivity contribution in [2.24, 2.45) is 0 Å². The Morgan fingerprint density at radius 3 is 2.15 bits per heavy atom. The van der Waals surface area contributed by atoms with Crippen LogP contribution >= 0.6 is 0 Å². The predicted molar refractivity (Wildman–Crippen MR) is 86.1 cm³/mol. The van der Waals surface area contributed by atoms with Crippen LogP contribution in [0, 0.1) is 0 Å². The summed E-state index contributed by atoms with van der Waals surface area (Å²) in [6.07, 6.45) is 17.5. The van der Waals surface area contributed by atoms with E-state index in [2.05, 4.69) is 17.1 Å². The molecular weight excluding hydrogens is 244 g/mol. The molecule has 116 valence electrons. The predicted octanol–water partition coefficient (Wildman–Crippen LogP) is 4.10. The zero-order valence-electron chi connectivity index (χ0n) is 13.5. The molecule has 2 heteroatoms. The van der Waals surface area contributed by atoms with Crippen molar-refractivity contribution in [3.63, 3.8) is 0 Å². The molecule has 0 aromatic carbocycles. The van der Waals surface area contributed by atoms with E-state index < -0.39 is 0 Å². The maximum atomic E-state index is 3.94. The van der Waals surface area contributed by atoms with Crippen LogP contribution in [0.3, 0.4) is 0 Å². The van der Waals surface area contributed by atoms with Gasteiger partial charge in [0, 0.05) is 30.7 Å². The van der Waals surface area contributed by atoms with Gasteiger partial charge in [0.15, 0.2) is 0 Å². The Labute approximate surface area is 125 Å². The number of rotatable bonds is 1. The number of hydrogen-bond donors (Lipinski definition) is 1. The molecule has 3 fully saturated rings. The molecule has 0 aromatic heterocycles. The van der Waals surface area contributed by atoms with Crippen molar-refractivity contribution in [3.05, 3.63) is 0 Å². The van der Waals surface area contributed by atoms with E-state index in [9.17, 15) is 0 Å². The Kier molecular flexibility index (Phi) is 5.04. The molecule has 1 N–H and O–H groups in total. The SMILES string of the molecule is CC1CNC2(CCCCC2)CN1C1CCCCCCC1. The Hall–Kier alpha value is -0.0800. The van der Waals surface area contributed by atoms with Crippen LogP contribution in [0.2, 0.25) is 0 Å². The summed E-state index contributed by atoms with van der Waals surface area (Å²) < 4.78 is 0. The number of nitrogens with zero attached hydrogens (tertiary/aromatic N) is 1. The number of nitrogens with one attached hydrogen (secondary N) is 1. The lowest BCUT2D eigenvalue weighted by atomic mass is 9.78. The van der Waals surface area contributed by atoms with Gasteiger partial charge in [-0.1, -0.05) is 51.4 Å². The van der Waals surface area contributed by atoms with Gasteiger partial charge in [-0.05, 0) is 32.6 Å². The van der Waals surface area contributed by atoms with E-state index in [-0.39, 0.29) is 0 Å². The third kappa shape index (κ3) is 3.39. The van der Waals surface area contributed by atoms with Gasteiger partial charge in [-0.2, -0.15) is 0 Å². The summed E-state index contributed by atoms with van der Waals surface area (Å²) in [4.78, 5) is 2.91. The summed E-state index contributed by atoms with van der Waals surface area (Å²) in [6, 6.07) is 1.62. The van der Waals surface area contributed by atoms with Gasteiger partial charge >= 0.3 is 0 Å². The molecule has 1 unspecified atom stereocenters. The first kappa shape index (κ1) is 14.8. The van der Waals surface area contributed by atoms with E-state index in [0.717, 1.165) is 12.1 Å². The molecule has 3 rings (SSSR count). The lowest BCUT2D eigenvalue weighted by molar-refractivity contribution is 0.0223. The van der Waals surface area contributed by atoms with Crippen LogP contribution in [-0.2, 0) is 0 Å². The second-order valence-electron chi connectivity index (χ2n) is 7.74. The van der Waals surface area contributed by atoms with Gasteiger partial charge in [-0.3, -0.25) is 4.90 Å². The molecule has 3 aliphatic rings. The molecule has 20 heavy (non-hydrogen) atoms. The quantitative estimate of drug-likeness (QED) is 0.777. The van der Waals surface area contributed by atoms with Gasteiger partial charge in [-0.15, -0.1) is 0 Å². The van der Waals surface area contributed by atoms with Crippen molar-refractivity contribution >= 4 is 0 Å². The summed E-state index contributed by atoms with van der Waals surface area (Å²) in [7, 11) is 0. The lowest BCUT2D eigenvalue weighted by Gasteiger charge is -2.51. The molecule has 0 bridgehead atoms. The average Bonchev–Trinajstić information content (AvgIpc) is 2.43. The van der Waals surface area contributed by atoms with Crippen LogP contribution < -0.4 is 5.32 Å². The van der Waals surface area contributed by atoms with E-state index in [4.69, 9.17) is 0 Å². The van der Waals surface area contributed by atoms with Gasteiger partial charge in [0.1, 0.15) is 0 Å². The van der Waals surface area contributed by atoms with Crippen molar-refractivity contribution in [3.8, 4) is 0 Å². The molecule has 1 atom stereocenters. The third-order valence-electron chi connectivity index (χ3n) is 6.18. The first-order valence-corrected chi connectivity index (χ1v) is 9.30. The Morgan fingerprint density at radius 1 is 0.850 bits per heavy atom. The Morgan fingerprint density at radius 2 is 1.45 bits per heavy atom. The Bertz CT molecular complexity index is 288. The fourth-order valence-corrected chi connectivity index (χ4v) is 4.86. The standard InChI is InChI=1S/C18H34N2/c1-16-14-19-18(12-8-5-9-13-18)15-20(16)17-10-6-3-2-4-7-11-17/h16-17,19H,2-15H2,1H3. The van der Waals surface area contributed by atoms with Crippen LogP contribution in [0.5, 0.6) is 0 Å². The number of piperazine rings is 1. The molecule has 0 aromatic rings. The largest absolute Gasteiger partial charge is 0.308 e. The molecule has 2 nitrogen and oxygen atoms in total. The van der Waals surface area contributed by atoms with Crippen molar-refractivity contribution in [2.45, 2.75) is 102 Å². The molecule has 1 heterocycles. The molecule has 1 aliphatic heterocycles. The van der Waals surface area contributed by atoms with E-state index in [1.807, 2.05) is 0 Å². The first-order chi connectivity index (χ1) is 9.79. The molecule has 1 spiro atoms. The van der Waals surface area contributed by atoms with Crippen molar-refractivity contribution in [1.29, 1.82) is 0 Å². The summed E-state index contributed by atoms with van der Waals surface area (Å²) in [5.74, 6) is 0. The number of hydrogen-bond acceptors (Lipinski definition) is 2. The normalized spacial score (nSPS) is 33.8. The van der Waals surface area contributed by atoms with Gasteiger partial charge in [0.25, 0.3) is 0 Å². The van der Waals surface area contributed by atoms with Crippen LogP contribution in [0.15, 0.2) is 0 Å². The topological polar surface area (TPSA) is 15.3 Å². The fourth-order valence-electron chi connectivity index (χ4n) is 4.86. The highest BCUT2D eigenvalue weighted by Crippen LogP contribution is 2.34. The minimum absolute atomic E-state index is 0.479. The van der Waals surface area contributed by atoms with Crippen molar-refractivity contribution in [2.75, 3.05) is 13.1 Å². The molecule has 0 amide bonds. The highest BCUT2D eigenvalue weighted by atomic mass is 15.3. The van der Waals surface area contributed by atoms with Gasteiger partial charge < -0.3 is 5.32 Å². The van der Waals surface area contributed by atoms with E-state index in [0.29, 0.717) is 5.54 Å². The van der Waals surface area contributed by atoms with Gasteiger partial charge in [0.2, 0.25) is 0 Å². The molecule has 2 aliphatic carbocycles. The highest BCUT2D eigenvalue weighted by molar-refractivity contribution is 5.00. The monoisotopic (exact) mass is 278 g/mol. The highest BCUT2D eigenvalue weighted by Gasteiger charge is 2.40. The van der Waals surface area contributed by atoms with Crippen molar-refractivity contribution < 1.29 is 0 Å². The fraction of sp³-hybridized carbons (Fsp3) is 1.00. The van der Waals surface area contributed by atoms with Crippen molar-refractivity contribution in [1.82, 2.24) is 10.2 Å². The second kappa shape index (κ2) is 6.79. The summed E-state index contributed by atoms with van der Waals surface area (Å²) >= 11 is 0. The van der Waals surface area contributed by atoms with Gasteiger partial charge in [-0.25, -0.2) is 0 Å². The zero-order chi connectivity index (χ0) is 13.8. The first-order valence-electron chi connectivity index (χ1n) is 9.30. The minimum atomic E-state index is 0.479. The summed E-state index contributed by atoms with van der Waals surface area (Å²) in [5.41, 5.74) is 0.479. The van der Waals surface area contributed by atoms with Gasteiger partial charge in [0.05, 0.1) is 0 Å². The van der Waals surface area contributed by atoms with Crippen LogP contribution in [-0.4, -0.2) is 35.6 Å². The Balaban J connectivity index is 1.65. The second-order valence-corrected chi connectivity index (χ2v) is 7.74. The maximum absolute atomic E-state index is 3.94. The molecular formula is C18H34N2. The summed E-state index contributed by atoms with van der Waals surface area (Å²) in [5, 5.41) is 3.94. The van der Waals surface area contributed by atoms with E-state index >= 15 is 0 Å². The average molecular weight is 278 g/mol. The molecule has 1 saturated heterocycles. The third-order valence-corrected chi connectivity index (χ3v) is 6.18. The smallest absolute Gasteiger partial charge is 0.0309 e. The minimum Gasteiger partial charge on any atom is -0.308 e. The van der Waals surface area contributed by atoms with E-state index in [1.165, 1.54) is 90.1 Å². The van der Waals surface area contributed by atoms with Crippen LogP contribution in [0.4, 0.5) is 0 Å². The zero-order valence-corrected chi connectivity index (χ0v) is 13.5. The van der Waals surface area contributed by atoms with E-state index in [1.54, 1.807) is 0 Å².